The van der Waals surface area contributed by atoms with Crippen LogP contribution in [0.1, 0.15) is 52.9 Å². The molecule has 0 unspecified atom stereocenters. The topological polar surface area (TPSA) is 50.7 Å². The van der Waals surface area contributed by atoms with Gasteiger partial charge in [0.05, 0.1) is 0 Å². The van der Waals surface area contributed by atoms with Crippen molar-refractivity contribution in [2.75, 3.05) is 7.05 Å². The predicted molar refractivity (Wildman–Crippen MR) is 74.1 cm³/mol. The fourth-order valence-corrected chi connectivity index (χ4v) is 2.27. The van der Waals surface area contributed by atoms with E-state index < -0.39 is 5.60 Å². The van der Waals surface area contributed by atoms with Gasteiger partial charge in [0.25, 0.3) is 0 Å². The van der Waals surface area contributed by atoms with Gasteiger partial charge >= 0.3 is 6.09 Å². The van der Waals surface area contributed by atoms with Gasteiger partial charge in [0, 0.05) is 13.1 Å². The third kappa shape index (κ3) is 6.03. The molecular weight excluding hydrogens is 228 g/mol. The van der Waals surface area contributed by atoms with E-state index in [2.05, 4.69) is 10.3 Å². The predicted octanol–water partition coefficient (Wildman–Crippen LogP) is 3.16. The average molecular weight is 254 g/mol. The van der Waals surface area contributed by atoms with E-state index in [9.17, 15) is 4.79 Å². The molecule has 1 N–H and O–H groups in total. The highest BCUT2D eigenvalue weighted by Gasteiger charge is 2.24. The van der Waals surface area contributed by atoms with Gasteiger partial charge in [-0.3, -0.25) is 0 Å². The minimum Gasteiger partial charge on any atom is -0.444 e. The molecule has 0 aliphatic heterocycles. The van der Waals surface area contributed by atoms with Crippen molar-refractivity contribution >= 4 is 12.3 Å². The molecular formula is C14H26N2O2. The molecule has 0 radical (unpaired) electrons. The van der Waals surface area contributed by atoms with Crippen LogP contribution < -0.4 is 5.32 Å². The van der Waals surface area contributed by atoms with Crippen LogP contribution >= 0.6 is 0 Å². The van der Waals surface area contributed by atoms with E-state index in [0.717, 1.165) is 38.0 Å². The third-order valence-electron chi connectivity index (χ3n) is 3.19. The van der Waals surface area contributed by atoms with Crippen molar-refractivity contribution < 1.29 is 9.53 Å². The van der Waals surface area contributed by atoms with Crippen LogP contribution in [-0.2, 0) is 4.74 Å². The molecule has 0 aromatic heterocycles. The molecule has 104 valence electrons. The fourth-order valence-electron chi connectivity index (χ4n) is 2.27. The Morgan fingerprint density at radius 2 is 1.94 bits per heavy atom. The number of aliphatic imine (C=N–C) groups is 1. The first-order chi connectivity index (χ1) is 8.40. The summed E-state index contributed by atoms with van der Waals surface area (Å²) < 4.78 is 5.26. The van der Waals surface area contributed by atoms with Crippen molar-refractivity contribution in [2.45, 2.75) is 64.5 Å². The molecule has 0 aromatic carbocycles. The minimum atomic E-state index is -0.418. The second-order valence-corrected chi connectivity index (χ2v) is 6.04. The Kier molecular flexibility index (Phi) is 5.63. The van der Waals surface area contributed by atoms with Crippen molar-refractivity contribution in [1.82, 2.24) is 5.32 Å². The number of nitrogens with zero attached hydrogens (tertiary/aromatic N) is 1. The van der Waals surface area contributed by atoms with Gasteiger partial charge in [0.1, 0.15) is 5.60 Å². The van der Waals surface area contributed by atoms with Crippen LogP contribution in [0.25, 0.3) is 0 Å². The fraction of sp³-hybridized carbons (Fsp3) is 0.857. The molecule has 0 saturated heterocycles. The molecule has 0 atom stereocenters. The van der Waals surface area contributed by atoms with Gasteiger partial charge in [-0.15, -0.1) is 0 Å². The Balaban J connectivity index is 2.25. The molecule has 1 fully saturated rings. The Hall–Kier alpha value is -1.06. The molecule has 1 aliphatic carbocycles. The summed E-state index contributed by atoms with van der Waals surface area (Å²) in [4.78, 5) is 15.6. The zero-order chi connectivity index (χ0) is 13.6. The SMILES string of the molecule is CN=CCC1CCC(NC(=O)OC(C)(C)C)CC1. The van der Waals surface area contributed by atoms with Crippen LogP contribution in [0.15, 0.2) is 4.99 Å². The van der Waals surface area contributed by atoms with Crippen LogP contribution in [0.4, 0.5) is 4.79 Å². The number of amides is 1. The minimum absolute atomic E-state index is 0.273. The summed E-state index contributed by atoms with van der Waals surface area (Å²) in [5.74, 6) is 0.727. The van der Waals surface area contributed by atoms with Crippen molar-refractivity contribution in [3.05, 3.63) is 0 Å². The molecule has 1 saturated carbocycles. The zero-order valence-electron chi connectivity index (χ0n) is 12.0. The first-order valence-electron chi connectivity index (χ1n) is 6.81. The number of ether oxygens (including phenoxy) is 1. The van der Waals surface area contributed by atoms with E-state index in [1.54, 1.807) is 0 Å². The van der Waals surface area contributed by atoms with Crippen molar-refractivity contribution in [3.63, 3.8) is 0 Å². The maximum absolute atomic E-state index is 11.6. The lowest BCUT2D eigenvalue weighted by Crippen LogP contribution is -2.40. The first kappa shape index (κ1) is 15.0. The zero-order valence-corrected chi connectivity index (χ0v) is 12.0. The standard InChI is InChI=1S/C14H26N2O2/c1-14(2,3)18-13(17)16-12-7-5-11(6-8-12)9-10-15-4/h10-12H,5-9H2,1-4H3,(H,16,17). The summed E-state index contributed by atoms with van der Waals surface area (Å²) in [5.41, 5.74) is -0.418. The van der Waals surface area contributed by atoms with Crippen LogP contribution in [0, 0.1) is 5.92 Å². The molecule has 1 amide bonds. The van der Waals surface area contributed by atoms with E-state index in [0.29, 0.717) is 0 Å². The highest BCUT2D eigenvalue weighted by Crippen LogP contribution is 2.26. The summed E-state index contributed by atoms with van der Waals surface area (Å²) in [7, 11) is 1.82. The summed E-state index contributed by atoms with van der Waals surface area (Å²) in [6.07, 6.45) is 7.17. The molecule has 0 bridgehead atoms. The van der Waals surface area contributed by atoms with E-state index in [1.165, 1.54) is 0 Å². The lowest BCUT2D eigenvalue weighted by Gasteiger charge is -2.29. The second kappa shape index (κ2) is 6.76. The molecule has 1 aliphatic rings. The summed E-state index contributed by atoms with van der Waals surface area (Å²) in [6, 6.07) is 0.273. The lowest BCUT2D eigenvalue weighted by atomic mass is 9.84. The Morgan fingerprint density at radius 3 is 2.44 bits per heavy atom. The van der Waals surface area contributed by atoms with Gasteiger partial charge in [-0.25, -0.2) is 4.79 Å². The van der Waals surface area contributed by atoms with Crippen molar-refractivity contribution in [2.24, 2.45) is 10.9 Å². The molecule has 0 aromatic rings. The maximum Gasteiger partial charge on any atom is 0.407 e. The monoisotopic (exact) mass is 254 g/mol. The molecule has 0 spiro atoms. The first-order valence-corrected chi connectivity index (χ1v) is 6.81. The van der Waals surface area contributed by atoms with Gasteiger partial charge in [0.2, 0.25) is 0 Å². The van der Waals surface area contributed by atoms with Gasteiger partial charge in [-0.1, -0.05) is 0 Å². The number of carbonyl (C=O) groups excluding carboxylic acids is 1. The molecule has 4 heteroatoms. The Morgan fingerprint density at radius 1 is 1.33 bits per heavy atom. The normalized spacial score (nSPS) is 25.1. The van der Waals surface area contributed by atoms with Gasteiger partial charge < -0.3 is 15.0 Å². The highest BCUT2D eigenvalue weighted by molar-refractivity contribution is 5.68. The maximum atomic E-state index is 11.6. The molecule has 4 nitrogen and oxygen atoms in total. The van der Waals surface area contributed by atoms with Crippen LogP contribution in [-0.4, -0.2) is 31.0 Å². The largest absolute Gasteiger partial charge is 0.444 e. The van der Waals surface area contributed by atoms with E-state index >= 15 is 0 Å². The second-order valence-electron chi connectivity index (χ2n) is 6.04. The Labute approximate surface area is 110 Å². The smallest absolute Gasteiger partial charge is 0.407 e. The van der Waals surface area contributed by atoms with Crippen LogP contribution in [0.3, 0.4) is 0 Å². The summed E-state index contributed by atoms with van der Waals surface area (Å²) in [6.45, 7) is 5.65. The number of alkyl carbamates (subject to hydrolysis) is 1. The summed E-state index contributed by atoms with van der Waals surface area (Å²) >= 11 is 0. The number of carbonyl (C=O) groups is 1. The van der Waals surface area contributed by atoms with E-state index in [1.807, 2.05) is 34.0 Å². The van der Waals surface area contributed by atoms with E-state index in [-0.39, 0.29) is 12.1 Å². The van der Waals surface area contributed by atoms with Crippen LogP contribution in [0.5, 0.6) is 0 Å². The molecule has 0 heterocycles. The molecule has 1 rings (SSSR count). The third-order valence-corrected chi connectivity index (χ3v) is 3.19. The highest BCUT2D eigenvalue weighted by atomic mass is 16.6. The van der Waals surface area contributed by atoms with E-state index in [4.69, 9.17) is 4.74 Å². The van der Waals surface area contributed by atoms with Crippen molar-refractivity contribution in [3.8, 4) is 0 Å². The Bertz CT molecular complexity index is 287. The van der Waals surface area contributed by atoms with Crippen LogP contribution in [0.2, 0.25) is 0 Å². The number of rotatable bonds is 3. The number of hydrogen-bond acceptors (Lipinski definition) is 3. The summed E-state index contributed by atoms with van der Waals surface area (Å²) in [5, 5.41) is 2.96. The quantitative estimate of drug-likeness (QED) is 0.786. The van der Waals surface area contributed by atoms with Gasteiger partial charge in [-0.2, -0.15) is 0 Å². The number of nitrogens with one attached hydrogen (secondary N) is 1. The lowest BCUT2D eigenvalue weighted by molar-refractivity contribution is 0.0488. The molecule has 18 heavy (non-hydrogen) atoms. The van der Waals surface area contributed by atoms with Gasteiger partial charge in [0.15, 0.2) is 0 Å². The van der Waals surface area contributed by atoms with Gasteiger partial charge in [-0.05, 0) is 65.0 Å². The average Bonchev–Trinajstić information content (AvgIpc) is 2.25. The number of hydrogen-bond donors (Lipinski definition) is 1. The van der Waals surface area contributed by atoms with Crippen molar-refractivity contribution in [1.29, 1.82) is 0 Å².